The number of aromatic amines is 1. The number of thioether (sulfide) groups is 1. The van der Waals surface area contributed by atoms with Crippen LogP contribution in [0.5, 0.6) is 11.5 Å². The molecule has 0 spiro atoms. The number of pyridine rings is 1. The van der Waals surface area contributed by atoms with Crippen molar-refractivity contribution in [3.05, 3.63) is 35.5 Å². The van der Waals surface area contributed by atoms with E-state index in [0.717, 1.165) is 5.52 Å². The largest absolute Gasteiger partial charge is 0.497 e. The fourth-order valence-corrected chi connectivity index (χ4v) is 3.22. The molecule has 2 aromatic heterocycles. The summed E-state index contributed by atoms with van der Waals surface area (Å²) < 4.78 is 10.4. The Labute approximate surface area is 159 Å². The van der Waals surface area contributed by atoms with E-state index >= 15 is 0 Å². The molecule has 9 heteroatoms. The molecule has 3 rings (SSSR count). The van der Waals surface area contributed by atoms with E-state index in [-0.39, 0.29) is 11.2 Å². The summed E-state index contributed by atoms with van der Waals surface area (Å²) in [6.45, 7) is 1.80. The number of H-pyrrole nitrogens is 1. The zero-order valence-corrected chi connectivity index (χ0v) is 15.9. The Morgan fingerprint density at radius 2 is 1.92 bits per heavy atom. The first-order valence-electron chi connectivity index (χ1n) is 7.70. The maximum absolute atomic E-state index is 12.5. The van der Waals surface area contributed by atoms with Gasteiger partial charge in [-0.15, -0.1) is 0 Å². The second-order valence-electron chi connectivity index (χ2n) is 5.42. The van der Waals surface area contributed by atoms with Gasteiger partial charge in [-0.1, -0.05) is 23.4 Å². The summed E-state index contributed by atoms with van der Waals surface area (Å²) in [6, 6.07) is 6.93. The first-order valence-corrected chi connectivity index (χ1v) is 8.96. The van der Waals surface area contributed by atoms with Gasteiger partial charge in [0.1, 0.15) is 11.5 Å². The van der Waals surface area contributed by atoms with Gasteiger partial charge in [0.2, 0.25) is 5.91 Å². The van der Waals surface area contributed by atoms with Gasteiger partial charge in [0, 0.05) is 30.1 Å². The summed E-state index contributed by atoms with van der Waals surface area (Å²) in [7, 11) is 3.11. The highest BCUT2D eigenvalue weighted by Crippen LogP contribution is 2.28. The molecule has 0 fully saturated rings. The lowest BCUT2D eigenvalue weighted by molar-refractivity contribution is -0.115. The molecule has 3 aromatic rings. The van der Waals surface area contributed by atoms with Gasteiger partial charge in [-0.25, -0.2) is 9.97 Å². The molecule has 2 N–H and O–H groups in total. The summed E-state index contributed by atoms with van der Waals surface area (Å²) in [5, 5.41) is 3.59. The minimum atomic E-state index is -0.386. The third kappa shape index (κ3) is 4.20. The standard InChI is InChI=1S/C17H17ClN4O3S/c1-9(26-17-21-14-4-10(18)8-19-15(14)22-17)16(23)20-11-5-12(24-2)7-13(6-11)25-3/h4-9H,1-3H3,(H,20,23)(H,19,21,22)/t9-/m0/s1. The van der Waals surface area contributed by atoms with E-state index in [9.17, 15) is 4.79 Å². The summed E-state index contributed by atoms with van der Waals surface area (Å²) >= 11 is 7.22. The van der Waals surface area contributed by atoms with Gasteiger partial charge < -0.3 is 19.8 Å². The van der Waals surface area contributed by atoms with Crippen LogP contribution in [0.3, 0.4) is 0 Å². The van der Waals surface area contributed by atoms with E-state index in [0.29, 0.717) is 33.0 Å². The van der Waals surface area contributed by atoms with E-state index in [4.69, 9.17) is 21.1 Å². The van der Waals surface area contributed by atoms with Crippen molar-refractivity contribution in [1.29, 1.82) is 0 Å². The minimum Gasteiger partial charge on any atom is -0.497 e. The second kappa shape index (κ2) is 7.84. The predicted molar refractivity (Wildman–Crippen MR) is 102 cm³/mol. The number of anilines is 1. The minimum absolute atomic E-state index is 0.170. The monoisotopic (exact) mass is 392 g/mol. The molecule has 0 aliphatic heterocycles. The molecule has 0 bridgehead atoms. The number of nitrogens with one attached hydrogen (secondary N) is 2. The number of rotatable bonds is 6. The highest BCUT2D eigenvalue weighted by Gasteiger charge is 2.18. The Morgan fingerprint density at radius 3 is 2.58 bits per heavy atom. The first-order chi connectivity index (χ1) is 12.5. The number of hydrogen-bond acceptors (Lipinski definition) is 6. The molecule has 0 unspecified atom stereocenters. The topological polar surface area (TPSA) is 89.1 Å². The Balaban J connectivity index is 1.71. The van der Waals surface area contributed by atoms with E-state index in [1.165, 1.54) is 18.0 Å². The normalized spacial score (nSPS) is 12.0. The number of aromatic nitrogens is 3. The van der Waals surface area contributed by atoms with Gasteiger partial charge in [-0.3, -0.25) is 4.79 Å². The van der Waals surface area contributed by atoms with E-state index < -0.39 is 0 Å². The lowest BCUT2D eigenvalue weighted by Gasteiger charge is -2.12. The predicted octanol–water partition coefficient (Wildman–Crippen LogP) is 3.75. The quantitative estimate of drug-likeness (QED) is 0.621. The van der Waals surface area contributed by atoms with Crippen molar-refractivity contribution < 1.29 is 14.3 Å². The highest BCUT2D eigenvalue weighted by molar-refractivity contribution is 8.00. The molecule has 1 atom stereocenters. The van der Waals surface area contributed by atoms with Gasteiger partial charge in [0.15, 0.2) is 10.8 Å². The van der Waals surface area contributed by atoms with Gasteiger partial charge in [0.05, 0.1) is 30.0 Å². The van der Waals surface area contributed by atoms with Crippen molar-refractivity contribution in [1.82, 2.24) is 15.0 Å². The number of methoxy groups -OCH3 is 2. The number of nitrogens with zero attached hydrogens (tertiary/aromatic N) is 2. The van der Waals surface area contributed by atoms with Crippen LogP contribution in [0.2, 0.25) is 5.02 Å². The fraction of sp³-hybridized carbons (Fsp3) is 0.235. The van der Waals surface area contributed by atoms with Gasteiger partial charge in [-0.2, -0.15) is 0 Å². The number of amides is 1. The molecule has 0 aliphatic carbocycles. The van der Waals surface area contributed by atoms with Crippen LogP contribution < -0.4 is 14.8 Å². The third-order valence-electron chi connectivity index (χ3n) is 3.56. The van der Waals surface area contributed by atoms with E-state index in [1.807, 2.05) is 0 Å². The van der Waals surface area contributed by atoms with Gasteiger partial charge >= 0.3 is 0 Å². The molecule has 0 saturated carbocycles. The number of halogens is 1. The van der Waals surface area contributed by atoms with Crippen LogP contribution in [0, 0.1) is 0 Å². The van der Waals surface area contributed by atoms with Crippen molar-refractivity contribution in [2.24, 2.45) is 0 Å². The molecular weight excluding hydrogens is 376 g/mol. The lowest BCUT2D eigenvalue weighted by atomic mass is 10.2. The zero-order chi connectivity index (χ0) is 18.7. The Hall–Kier alpha value is -2.45. The van der Waals surface area contributed by atoms with Crippen molar-refractivity contribution in [3.8, 4) is 11.5 Å². The Kier molecular flexibility index (Phi) is 5.53. The maximum atomic E-state index is 12.5. The van der Waals surface area contributed by atoms with Gasteiger partial charge in [0.25, 0.3) is 0 Å². The number of benzene rings is 1. The van der Waals surface area contributed by atoms with Crippen LogP contribution in [-0.2, 0) is 4.79 Å². The smallest absolute Gasteiger partial charge is 0.237 e. The number of imidazole rings is 1. The molecule has 0 radical (unpaired) electrons. The van der Waals surface area contributed by atoms with Crippen LogP contribution in [0.15, 0.2) is 35.6 Å². The molecule has 26 heavy (non-hydrogen) atoms. The summed E-state index contributed by atoms with van der Waals surface area (Å²) in [6.07, 6.45) is 1.53. The second-order valence-corrected chi connectivity index (χ2v) is 7.18. The molecule has 136 valence electrons. The van der Waals surface area contributed by atoms with Crippen molar-refractivity contribution in [3.63, 3.8) is 0 Å². The van der Waals surface area contributed by atoms with E-state index in [1.54, 1.807) is 45.4 Å². The molecule has 7 nitrogen and oxygen atoms in total. The van der Waals surface area contributed by atoms with Crippen molar-refractivity contribution in [2.45, 2.75) is 17.3 Å². The molecule has 0 saturated heterocycles. The summed E-state index contributed by atoms with van der Waals surface area (Å²) in [5.74, 6) is 1.03. The average molecular weight is 393 g/mol. The highest BCUT2D eigenvalue weighted by atomic mass is 35.5. The van der Waals surface area contributed by atoms with Crippen LogP contribution in [0.25, 0.3) is 11.2 Å². The lowest BCUT2D eigenvalue weighted by Crippen LogP contribution is -2.22. The zero-order valence-electron chi connectivity index (χ0n) is 14.4. The maximum Gasteiger partial charge on any atom is 0.237 e. The number of carbonyl (C=O) groups excluding carboxylic acids is 1. The van der Waals surface area contributed by atoms with Crippen LogP contribution in [0.1, 0.15) is 6.92 Å². The van der Waals surface area contributed by atoms with Gasteiger partial charge in [-0.05, 0) is 13.0 Å². The Bertz CT molecular complexity index is 925. The molecule has 1 amide bonds. The molecule has 1 aromatic carbocycles. The van der Waals surface area contributed by atoms with Crippen molar-refractivity contribution in [2.75, 3.05) is 19.5 Å². The molecular formula is C17H17ClN4O3S. The van der Waals surface area contributed by atoms with Crippen LogP contribution >= 0.6 is 23.4 Å². The SMILES string of the molecule is COc1cc(NC(=O)[C@H](C)Sc2nc3ncc(Cl)cc3[nH]2)cc(OC)c1. The number of fused-ring (bicyclic) bond motifs is 1. The number of hydrogen-bond donors (Lipinski definition) is 2. The fourth-order valence-electron chi connectivity index (χ4n) is 2.25. The van der Waals surface area contributed by atoms with Crippen LogP contribution in [0.4, 0.5) is 5.69 Å². The third-order valence-corrected chi connectivity index (χ3v) is 4.75. The Morgan fingerprint density at radius 1 is 1.23 bits per heavy atom. The summed E-state index contributed by atoms with van der Waals surface area (Å²) in [5.41, 5.74) is 1.88. The van der Waals surface area contributed by atoms with Crippen molar-refractivity contribution >= 4 is 46.1 Å². The van der Waals surface area contributed by atoms with E-state index in [2.05, 4.69) is 20.3 Å². The number of ether oxygens (including phenoxy) is 2. The molecule has 0 aliphatic rings. The first kappa shape index (κ1) is 18.3. The summed E-state index contributed by atoms with van der Waals surface area (Å²) in [4.78, 5) is 24.1. The molecule has 2 heterocycles. The average Bonchev–Trinajstić information content (AvgIpc) is 3.02. The van der Waals surface area contributed by atoms with Crippen LogP contribution in [-0.4, -0.2) is 40.3 Å². The number of carbonyl (C=O) groups is 1.